The second-order valence-electron chi connectivity index (χ2n) is 7.27. The van der Waals surface area contributed by atoms with Gasteiger partial charge in [0.1, 0.15) is 0 Å². The van der Waals surface area contributed by atoms with E-state index < -0.39 is 0 Å². The van der Waals surface area contributed by atoms with Gasteiger partial charge in [-0.3, -0.25) is 4.90 Å². The van der Waals surface area contributed by atoms with Crippen LogP contribution >= 0.6 is 11.6 Å². The number of aromatic amines is 1. The number of halogens is 1. The van der Waals surface area contributed by atoms with Crippen LogP contribution in [0, 0.1) is 6.92 Å². The molecule has 1 aliphatic rings. The molecule has 3 nitrogen and oxygen atoms in total. The SMILES string of the molecule is Cc1[nH]c2ccc(Cl)cc2c1CCN1CCN(Cc2ccccc2)CC1. The van der Waals surface area contributed by atoms with Crippen LogP contribution in [-0.4, -0.2) is 47.5 Å². The highest BCUT2D eigenvalue weighted by atomic mass is 35.5. The van der Waals surface area contributed by atoms with Crippen molar-refractivity contribution in [3.8, 4) is 0 Å². The molecule has 3 aromatic rings. The average molecular weight is 368 g/mol. The third-order valence-electron chi connectivity index (χ3n) is 5.47. The van der Waals surface area contributed by atoms with Gasteiger partial charge in [0.05, 0.1) is 0 Å². The van der Waals surface area contributed by atoms with Crippen LogP contribution in [0.3, 0.4) is 0 Å². The van der Waals surface area contributed by atoms with Crippen molar-refractivity contribution >= 4 is 22.5 Å². The molecule has 4 heteroatoms. The van der Waals surface area contributed by atoms with Crippen LogP contribution in [-0.2, 0) is 13.0 Å². The molecule has 0 spiro atoms. The Labute approximate surface area is 160 Å². The summed E-state index contributed by atoms with van der Waals surface area (Å²) in [7, 11) is 0. The molecule has 1 aromatic heterocycles. The summed E-state index contributed by atoms with van der Waals surface area (Å²) in [5, 5.41) is 2.09. The summed E-state index contributed by atoms with van der Waals surface area (Å²) in [5.41, 5.74) is 5.28. The first kappa shape index (κ1) is 17.6. The zero-order valence-electron chi connectivity index (χ0n) is 15.3. The van der Waals surface area contributed by atoms with Crippen molar-refractivity contribution in [3.05, 3.63) is 70.4 Å². The fraction of sp³-hybridized carbons (Fsp3) is 0.364. The lowest BCUT2D eigenvalue weighted by atomic mass is 10.1. The Morgan fingerprint density at radius 3 is 2.46 bits per heavy atom. The second kappa shape index (κ2) is 7.83. The maximum absolute atomic E-state index is 6.20. The van der Waals surface area contributed by atoms with E-state index in [0.29, 0.717) is 0 Å². The number of benzene rings is 2. The van der Waals surface area contributed by atoms with Crippen LogP contribution in [0.4, 0.5) is 0 Å². The summed E-state index contributed by atoms with van der Waals surface area (Å²) in [4.78, 5) is 8.64. The van der Waals surface area contributed by atoms with Gasteiger partial charge in [-0.2, -0.15) is 0 Å². The average Bonchev–Trinajstić information content (AvgIpc) is 2.96. The first-order valence-corrected chi connectivity index (χ1v) is 9.82. The van der Waals surface area contributed by atoms with Gasteiger partial charge in [0.25, 0.3) is 0 Å². The highest BCUT2D eigenvalue weighted by molar-refractivity contribution is 6.31. The molecule has 0 radical (unpaired) electrons. The standard InChI is InChI=1S/C22H26ClN3/c1-17-20(21-15-19(23)7-8-22(21)24-17)9-10-25-11-13-26(14-12-25)16-18-5-3-2-4-6-18/h2-8,15,24H,9-14,16H2,1H3. The van der Waals surface area contributed by atoms with Crippen molar-refractivity contribution in [1.29, 1.82) is 0 Å². The van der Waals surface area contributed by atoms with Crippen LogP contribution in [0.15, 0.2) is 48.5 Å². The van der Waals surface area contributed by atoms with Crippen molar-refractivity contribution in [3.63, 3.8) is 0 Å². The molecule has 0 bridgehead atoms. The molecule has 136 valence electrons. The smallest absolute Gasteiger partial charge is 0.0459 e. The van der Waals surface area contributed by atoms with E-state index in [9.17, 15) is 0 Å². The Kier molecular flexibility index (Phi) is 5.30. The molecule has 2 aromatic carbocycles. The monoisotopic (exact) mass is 367 g/mol. The van der Waals surface area contributed by atoms with Gasteiger partial charge in [0, 0.05) is 60.9 Å². The number of aryl methyl sites for hydroxylation is 1. The molecule has 0 aliphatic carbocycles. The predicted octanol–water partition coefficient (Wildman–Crippen LogP) is 4.49. The van der Waals surface area contributed by atoms with Crippen LogP contribution in [0.2, 0.25) is 5.02 Å². The molecular formula is C22H26ClN3. The van der Waals surface area contributed by atoms with E-state index in [1.807, 2.05) is 6.07 Å². The van der Waals surface area contributed by atoms with Crippen molar-refractivity contribution in [2.24, 2.45) is 0 Å². The summed E-state index contributed by atoms with van der Waals surface area (Å²) < 4.78 is 0. The Morgan fingerprint density at radius 2 is 1.69 bits per heavy atom. The fourth-order valence-electron chi connectivity index (χ4n) is 3.96. The zero-order chi connectivity index (χ0) is 17.9. The largest absolute Gasteiger partial charge is 0.358 e. The Bertz CT molecular complexity index is 864. The Balaban J connectivity index is 1.33. The van der Waals surface area contributed by atoms with Gasteiger partial charge in [-0.05, 0) is 42.7 Å². The van der Waals surface area contributed by atoms with Crippen molar-refractivity contribution in [2.75, 3.05) is 32.7 Å². The number of fused-ring (bicyclic) bond motifs is 1. The molecular weight excluding hydrogens is 342 g/mol. The highest BCUT2D eigenvalue weighted by Crippen LogP contribution is 2.26. The summed E-state index contributed by atoms with van der Waals surface area (Å²) in [6.07, 6.45) is 1.07. The summed E-state index contributed by atoms with van der Waals surface area (Å²) in [6.45, 7) is 8.93. The van der Waals surface area contributed by atoms with E-state index in [-0.39, 0.29) is 0 Å². The fourth-order valence-corrected chi connectivity index (χ4v) is 4.13. The first-order valence-electron chi connectivity index (χ1n) is 9.44. The van der Waals surface area contributed by atoms with E-state index in [1.54, 1.807) is 0 Å². The van der Waals surface area contributed by atoms with Crippen LogP contribution < -0.4 is 0 Å². The molecule has 0 saturated carbocycles. The minimum Gasteiger partial charge on any atom is -0.358 e. The number of aromatic nitrogens is 1. The summed E-state index contributed by atoms with van der Waals surface area (Å²) >= 11 is 6.20. The number of nitrogens with zero attached hydrogens (tertiary/aromatic N) is 2. The Morgan fingerprint density at radius 1 is 0.962 bits per heavy atom. The molecule has 1 N–H and O–H groups in total. The van der Waals surface area contributed by atoms with E-state index >= 15 is 0 Å². The Hall–Kier alpha value is -1.81. The minimum atomic E-state index is 0.812. The zero-order valence-corrected chi connectivity index (χ0v) is 16.1. The third kappa shape index (κ3) is 3.96. The predicted molar refractivity (Wildman–Crippen MR) is 110 cm³/mol. The molecule has 0 atom stereocenters. The second-order valence-corrected chi connectivity index (χ2v) is 7.71. The summed E-state index contributed by atoms with van der Waals surface area (Å²) in [5.74, 6) is 0. The van der Waals surface area contributed by atoms with Gasteiger partial charge < -0.3 is 9.88 Å². The molecule has 0 unspecified atom stereocenters. The van der Waals surface area contributed by atoms with Gasteiger partial charge in [-0.1, -0.05) is 41.9 Å². The number of H-pyrrole nitrogens is 1. The maximum Gasteiger partial charge on any atom is 0.0459 e. The number of piperazine rings is 1. The van der Waals surface area contributed by atoms with Crippen molar-refractivity contribution in [1.82, 2.24) is 14.8 Å². The van der Waals surface area contributed by atoms with Crippen LogP contribution in [0.5, 0.6) is 0 Å². The molecule has 1 saturated heterocycles. The maximum atomic E-state index is 6.20. The molecule has 1 fully saturated rings. The lowest BCUT2D eigenvalue weighted by Gasteiger charge is -2.34. The molecule has 4 rings (SSSR count). The van der Waals surface area contributed by atoms with E-state index in [0.717, 1.165) is 50.7 Å². The number of hydrogen-bond donors (Lipinski definition) is 1. The van der Waals surface area contributed by atoms with Crippen LogP contribution in [0.25, 0.3) is 10.9 Å². The van der Waals surface area contributed by atoms with Gasteiger partial charge in [0.2, 0.25) is 0 Å². The molecule has 2 heterocycles. The topological polar surface area (TPSA) is 22.3 Å². The molecule has 0 amide bonds. The van der Waals surface area contributed by atoms with Gasteiger partial charge >= 0.3 is 0 Å². The normalized spacial score (nSPS) is 16.4. The van der Waals surface area contributed by atoms with Gasteiger partial charge in [-0.15, -0.1) is 0 Å². The van der Waals surface area contributed by atoms with E-state index in [4.69, 9.17) is 11.6 Å². The highest BCUT2D eigenvalue weighted by Gasteiger charge is 2.18. The minimum absolute atomic E-state index is 0.812. The lowest BCUT2D eigenvalue weighted by Crippen LogP contribution is -2.46. The number of nitrogens with one attached hydrogen (secondary N) is 1. The summed E-state index contributed by atoms with van der Waals surface area (Å²) in [6, 6.07) is 16.9. The quantitative estimate of drug-likeness (QED) is 0.717. The molecule has 1 aliphatic heterocycles. The van der Waals surface area contributed by atoms with Crippen LogP contribution in [0.1, 0.15) is 16.8 Å². The van der Waals surface area contributed by atoms with E-state index in [2.05, 4.69) is 64.2 Å². The van der Waals surface area contributed by atoms with Gasteiger partial charge in [-0.25, -0.2) is 0 Å². The third-order valence-corrected chi connectivity index (χ3v) is 5.71. The first-order chi connectivity index (χ1) is 12.7. The van der Waals surface area contributed by atoms with E-state index in [1.165, 1.54) is 27.7 Å². The lowest BCUT2D eigenvalue weighted by molar-refractivity contribution is 0.128. The molecule has 26 heavy (non-hydrogen) atoms. The number of hydrogen-bond acceptors (Lipinski definition) is 2. The van der Waals surface area contributed by atoms with Crippen molar-refractivity contribution < 1.29 is 0 Å². The van der Waals surface area contributed by atoms with Gasteiger partial charge in [0.15, 0.2) is 0 Å². The van der Waals surface area contributed by atoms with Crippen molar-refractivity contribution in [2.45, 2.75) is 19.9 Å². The number of rotatable bonds is 5.